The summed E-state index contributed by atoms with van der Waals surface area (Å²) in [5, 5.41) is 0. The number of nitrogens with zero attached hydrogens (tertiary/aromatic N) is 1. The summed E-state index contributed by atoms with van der Waals surface area (Å²) in [4.78, 5) is 25.8. The number of halogens is 4. The number of imide groups is 1. The van der Waals surface area contributed by atoms with Crippen LogP contribution in [0, 0.1) is 23.3 Å². The molecule has 0 radical (unpaired) electrons. The average molecular weight is 363 g/mol. The zero-order chi connectivity index (χ0) is 18.7. The Morgan fingerprint density at radius 1 is 0.923 bits per heavy atom. The maximum absolute atomic E-state index is 14.0. The molecule has 2 aromatic rings. The van der Waals surface area contributed by atoms with Gasteiger partial charge in [0.05, 0.1) is 11.1 Å². The Labute approximate surface area is 146 Å². The largest absolute Gasteiger partial charge is 0.271 e. The molecular weight excluding hydrogens is 350 g/mol. The van der Waals surface area contributed by atoms with Crippen molar-refractivity contribution in [2.75, 3.05) is 0 Å². The molecule has 2 aromatic carbocycles. The first kappa shape index (κ1) is 16.8. The Bertz CT molecular complexity index is 925. The third-order valence-corrected chi connectivity index (χ3v) is 5.30. The molecule has 0 saturated heterocycles. The van der Waals surface area contributed by atoms with Gasteiger partial charge in [-0.15, -0.1) is 0 Å². The second-order valence-corrected chi connectivity index (χ2v) is 6.57. The van der Waals surface area contributed by atoms with Crippen molar-refractivity contribution in [1.29, 1.82) is 0 Å². The first-order valence-electron chi connectivity index (χ1n) is 8.16. The minimum Gasteiger partial charge on any atom is -0.271 e. The number of rotatable bonds is 2. The maximum atomic E-state index is 14.0. The lowest BCUT2D eigenvalue weighted by Gasteiger charge is -2.28. The molecule has 2 atom stereocenters. The van der Waals surface area contributed by atoms with Crippen molar-refractivity contribution in [3.8, 4) is 0 Å². The monoisotopic (exact) mass is 363 g/mol. The molecule has 0 bridgehead atoms. The predicted octanol–water partition coefficient (Wildman–Crippen LogP) is 3.96. The number of amides is 2. The Morgan fingerprint density at radius 3 is 2.04 bits per heavy atom. The summed E-state index contributed by atoms with van der Waals surface area (Å²) in [5.74, 6) is -10.4. The zero-order valence-corrected chi connectivity index (χ0v) is 13.7. The van der Waals surface area contributed by atoms with Crippen molar-refractivity contribution in [2.24, 2.45) is 0 Å². The molecule has 0 aromatic heterocycles. The second kappa shape index (κ2) is 5.65. The lowest BCUT2D eigenvalue weighted by Crippen LogP contribution is -2.41. The molecule has 0 fully saturated rings. The standard InChI is InChI=1S/C19H13F4NO2/c1-8(10-7-6-9-4-2-3-5-11(9)10)24-18(25)12-13(19(24)26)15(21)17(23)16(22)14(12)20/h2-5,8,10H,6-7H2,1H3/t8-,10?/m0/s1. The minimum atomic E-state index is -2.09. The fourth-order valence-electron chi connectivity index (χ4n) is 4.01. The molecule has 134 valence electrons. The molecule has 1 aliphatic heterocycles. The molecule has 1 unspecified atom stereocenters. The van der Waals surface area contributed by atoms with Gasteiger partial charge in [0.15, 0.2) is 23.3 Å². The SMILES string of the molecule is C[C@@H](C1CCc2ccccc21)N1C(=O)c2c(F)c(F)c(F)c(F)c2C1=O. The normalized spacial score (nSPS) is 19.7. The Kier molecular flexibility index (Phi) is 3.64. The number of carbonyl (C=O) groups excluding carboxylic acids is 2. The van der Waals surface area contributed by atoms with E-state index in [1.807, 2.05) is 24.3 Å². The predicted molar refractivity (Wildman–Crippen MR) is 83.7 cm³/mol. The van der Waals surface area contributed by atoms with Crippen LogP contribution in [0.2, 0.25) is 0 Å². The summed E-state index contributed by atoms with van der Waals surface area (Å²) in [6.07, 6.45) is 1.40. The molecular formula is C19H13F4NO2. The Morgan fingerprint density at radius 2 is 1.46 bits per heavy atom. The topological polar surface area (TPSA) is 37.4 Å². The van der Waals surface area contributed by atoms with Crippen LogP contribution in [0.3, 0.4) is 0 Å². The van der Waals surface area contributed by atoms with E-state index in [9.17, 15) is 27.2 Å². The smallest absolute Gasteiger partial charge is 0.265 e. The average Bonchev–Trinajstić information content (AvgIpc) is 3.17. The Hall–Kier alpha value is -2.70. The Balaban J connectivity index is 1.78. The summed E-state index contributed by atoms with van der Waals surface area (Å²) in [6, 6.07) is 6.81. The van der Waals surface area contributed by atoms with Gasteiger partial charge in [-0.1, -0.05) is 24.3 Å². The highest BCUT2D eigenvalue weighted by Crippen LogP contribution is 2.40. The number of benzene rings is 2. The van der Waals surface area contributed by atoms with E-state index in [1.54, 1.807) is 6.92 Å². The van der Waals surface area contributed by atoms with E-state index in [-0.39, 0.29) is 5.92 Å². The van der Waals surface area contributed by atoms with Gasteiger partial charge in [0.25, 0.3) is 11.8 Å². The summed E-state index contributed by atoms with van der Waals surface area (Å²) in [7, 11) is 0. The number of fused-ring (bicyclic) bond motifs is 2. The van der Waals surface area contributed by atoms with Gasteiger partial charge in [-0.05, 0) is 30.9 Å². The molecule has 0 N–H and O–H groups in total. The fraction of sp³-hybridized carbons (Fsp3) is 0.263. The number of carbonyl (C=O) groups is 2. The van der Waals surface area contributed by atoms with Gasteiger partial charge in [-0.3, -0.25) is 14.5 Å². The summed E-state index contributed by atoms with van der Waals surface area (Å²) in [6.45, 7) is 1.59. The van der Waals surface area contributed by atoms with Crippen molar-refractivity contribution in [3.05, 3.63) is 69.8 Å². The van der Waals surface area contributed by atoms with Gasteiger partial charge in [-0.2, -0.15) is 0 Å². The van der Waals surface area contributed by atoms with E-state index < -0.39 is 52.3 Å². The summed E-state index contributed by atoms with van der Waals surface area (Å²) >= 11 is 0. The molecule has 1 aliphatic carbocycles. The first-order chi connectivity index (χ1) is 12.3. The molecule has 3 nitrogen and oxygen atoms in total. The van der Waals surface area contributed by atoms with Crippen LogP contribution in [-0.4, -0.2) is 22.8 Å². The number of hydrogen-bond donors (Lipinski definition) is 0. The van der Waals surface area contributed by atoms with Crippen LogP contribution in [0.5, 0.6) is 0 Å². The van der Waals surface area contributed by atoms with E-state index in [1.165, 1.54) is 0 Å². The fourth-order valence-corrected chi connectivity index (χ4v) is 4.01. The van der Waals surface area contributed by atoms with Crippen molar-refractivity contribution in [3.63, 3.8) is 0 Å². The third kappa shape index (κ3) is 2.06. The van der Waals surface area contributed by atoms with E-state index >= 15 is 0 Å². The summed E-state index contributed by atoms with van der Waals surface area (Å²) in [5.41, 5.74) is -0.0423. The van der Waals surface area contributed by atoms with Crippen LogP contribution in [0.15, 0.2) is 24.3 Å². The number of aryl methyl sites for hydroxylation is 1. The first-order valence-corrected chi connectivity index (χ1v) is 8.16. The zero-order valence-electron chi connectivity index (χ0n) is 13.7. The number of hydrogen-bond acceptors (Lipinski definition) is 2. The molecule has 2 amide bonds. The van der Waals surface area contributed by atoms with Crippen molar-refractivity contribution < 1.29 is 27.2 Å². The van der Waals surface area contributed by atoms with E-state index in [4.69, 9.17) is 0 Å². The van der Waals surface area contributed by atoms with E-state index in [2.05, 4.69) is 0 Å². The third-order valence-electron chi connectivity index (χ3n) is 5.30. The van der Waals surface area contributed by atoms with Gasteiger partial charge >= 0.3 is 0 Å². The van der Waals surface area contributed by atoms with Crippen molar-refractivity contribution in [2.45, 2.75) is 31.7 Å². The van der Waals surface area contributed by atoms with E-state index in [0.29, 0.717) is 11.3 Å². The second-order valence-electron chi connectivity index (χ2n) is 6.57. The molecule has 2 aliphatic rings. The molecule has 0 saturated carbocycles. The van der Waals surface area contributed by atoms with Crippen molar-refractivity contribution in [1.82, 2.24) is 4.90 Å². The lowest BCUT2D eigenvalue weighted by atomic mass is 9.93. The highest BCUT2D eigenvalue weighted by molar-refractivity contribution is 6.21. The van der Waals surface area contributed by atoms with Gasteiger partial charge < -0.3 is 0 Å². The van der Waals surface area contributed by atoms with Crippen LogP contribution in [0.25, 0.3) is 0 Å². The van der Waals surface area contributed by atoms with Crippen LogP contribution in [0.4, 0.5) is 17.6 Å². The van der Waals surface area contributed by atoms with Crippen LogP contribution in [0.1, 0.15) is 51.1 Å². The van der Waals surface area contributed by atoms with Crippen LogP contribution >= 0.6 is 0 Å². The van der Waals surface area contributed by atoms with E-state index in [0.717, 1.165) is 17.5 Å². The minimum absolute atomic E-state index is 0.214. The van der Waals surface area contributed by atoms with Gasteiger partial charge in [0.1, 0.15) is 0 Å². The molecule has 7 heteroatoms. The van der Waals surface area contributed by atoms with Crippen molar-refractivity contribution >= 4 is 11.8 Å². The van der Waals surface area contributed by atoms with Gasteiger partial charge in [-0.25, -0.2) is 17.6 Å². The highest BCUT2D eigenvalue weighted by Gasteiger charge is 2.47. The highest BCUT2D eigenvalue weighted by atomic mass is 19.2. The summed E-state index contributed by atoms with van der Waals surface area (Å²) < 4.78 is 55.1. The van der Waals surface area contributed by atoms with Gasteiger partial charge in [0, 0.05) is 12.0 Å². The van der Waals surface area contributed by atoms with Gasteiger partial charge in [0.2, 0.25) is 0 Å². The lowest BCUT2D eigenvalue weighted by molar-refractivity contribution is 0.0571. The van der Waals surface area contributed by atoms with Crippen LogP contribution in [-0.2, 0) is 6.42 Å². The molecule has 1 heterocycles. The van der Waals surface area contributed by atoms with Crippen LogP contribution < -0.4 is 0 Å². The quantitative estimate of drug-likeness (QED) is 0.351. The molecule has 26 heavy (non-hydrogen) atoms. The molecule has 4 rings (SSSR count). The maximum Gasteiger partial charge on any atom is 0.265 e. The molecule has 0 spiro atoms.